The van der Waals surface area contributed by atoms with Crippen molar-refractivity contribution in [2.45, 2.75) is 64.5 Å². The van der Waals surface area contributed by atoms with E-state index in [1.165, 1.54) is 45.2 Å². The van der Waals surface area contributed by atoms with Gasteiger partial charge in [-0.25, -0.2) is 0 Å². The predicted octanol–water partition coefficient (Wildman–Crippen LogP) is 2.66. The minimum Gasteiger partial charge on any atom is -0.378 e. The summed E-state index contributed by atoms with van der Waals surface area (Å²) >= 11 is 0. The number of nitrogens with one attached hydrogen (secondary N) is 1. The Labute approximate surface area is 113 Å². The third kappa shape index (κ3) is 8.06. The standard InChI is InChI=1S/C15H32N2O/c1-15(2,3)16-10-6-5-7-13-18-14-8-11-17(4)12-9-14/h14,16H,5-13H2,1-4H3. The van der Waals surface area contributed by atoms with Crippen LogP contribution in [0.5, 0.6) is 0 Å². The smallest absolute Gasteiger partial charge is 0.0599 e. The zero-order valence-corrected chi connectivity index (χ0v) is 12.8. The van der Waals surface area contributed by atoms with Gasteiger partial charge < -0.3 is 15.0 Å². The van der Waals surface area contributed by atoms with E-state index in [-0.39, 0.29) is 5.54 Å². The van der Waals surface area contributed by atoms with Crippen LogP contribution in [0.4, 0.5) is 0 Å². The molecule has 3 heteroatoms. The van der Waals surface area contributed by atoms with E-state index in [1.54, 1.807) is 0 Å². The fourth-order valence-electron chi connectivity index (χ4n) is 2.27. The van der Waals surface area contributed by atoms with Crippen LogP contribution >= 0.6 is 0 Å². The van der Waals surface area contributed by atoms with E-state index in [0.29, 0.717) is 6.10 Å². The first kappa shape index (κ1) is 15.9. The highest BCUT2D eigenvalue weighted by Crippen LogP contribution is 2.12. The number of ether oxygens (including phenoxy) is 1. The van der Waals surface area contributed by atoms with E-state index in [0.717, 1.165) is 13.2 Å². The average Bonchev–Trinajstić information content (AvgIpc) is 2.29. The first-order valence-electron chi connectivity index (χ1n) is 7.52. The van der Waals surface area contributed by atoms with Crippen molar-refractivity contribution in [1.82, 2.24) is 10.2 Å². The Morgan fingerprint density at radius 1 is 1.11 bits per heavy atom. The summed E-state index contributed by atoms with van der Waals surface area (Å²) in [6.45, 7) is 11.1. The molecular formula is C15H32N2O. The molecule has 3 nitrogen and oxygen atoms in total. The molecule has 0 atom stereocenters. The number of piperidine rings is 1. The van der Waals surface area contributed by atoms with Gasteiger partial charge in [0.2, 0.25) is 0 Å². The number of hydrogen-bond acceptors (Lipinski definition) is 3. The van der Waals surface area contributed by atoms with Crippen LogP contribution in [0.1, 0.15) is 52.9 Å². The monoisotopic (exact) mass is 256 g/mol. The first-order valence-corrected chi connectivity index (χ1v) is 7.52. The minimum absolute atomic E-state index is 0.255. The van der Waals surface area contributed by atoms with Gasteiger partial charge in [0.25, 0.3) is 0 Å². The number of hydrogen-bond donors (Lipinski definition) is 1. The van der Waals surface area contributed by atoms with E-state index < -0.39 is 0 Å². The molecule has 1 N–H and O–H groups in total. The third-order valence-corrected chi connectivity index (χ3v) is 3.50. The molecule has 0 aromatic carbocycles. The van der Waals surface area contributed by atoms with Crippen molar-refractivity contribution in [2.24, 2.45) is 0 Å². The van der Waals surface area contributed by atoms with Crippen molar-refractivity contribution in [3.8, 4) is 0 Å². The summed E-state index contributed by atoms with van der Waals surface area (Å²) in [5, 5.41) is 3.52. The molecule has 1 fully saturated rings. The molecule has 0 aromatic rings. The highest BCUT2D eigenvalue weighted by Gasteiger charge is 2.16. The molecule has 0 amide bonds. The predicted molar refractivity (Wildman–Crippen MR) is 78.1 cm³/mol. The summed E-state index contributed by atoms with van der Waals surface area (Å²) in [4.78, 5) is 2.39. The van der Waals surface area contributed by atoms with Gasteiger partial charge in [0, 0.05) is 25.2 Å². The molecule has 0 unspecified atom stereocenters. The second-order valence-corrected chi connectivity index (χ2v) is 6.61. The van der Waals surface area contributed by atoms with Crippen molar-refractivity contribution in [1.29, 1.82) is 0 Å². The maximum Gasteiger partial charge on any atom is 0.0599 e. The van der Waals surface area contributed by atoms with Gasteiger partial charge in [-0.3, -0.25) is 0 Å². The van der Waals surface area contributed by atoms with Gasteiger partial charge in [0.1, 0.15) is 0 Å². The highest BCUT2D eigenvalue weighted by molar-refractivity contribution is 4.70. The largest absolute Gasteiger partial charge is 0.378 e. The topological polar surface area (TPSA) is 24.5 Å². The molecule has 1 saturated heterocycles. The lowest BCUT2D eigenvalue weighted by Crippen LogP contribution is -2.36. The Kier molecular flexibility index (Phi) is 7.20. The fourth-order valence-corrected chi connectivity index (χ4v) is 2.27. The van der Waals surface area contributed by atoms with Crippen LogP contribution in [0.15, 0.2) is 0 Å². The van der Waals surface area contributed by atoms with Crippen LogP contribution in [-0.4, -0.2) is 49.8 Å². The zero-order valence-electron chi connectivity index (χ0n) is 12.8. The van der Waals surface area contributed by atoms with Crippen molar-refractivity contribution >= 4 is 0 Å². The molecule has 0 bridgehead atoms. The number of nitrogens with zero attached hydrogens (tertiary/aromatic N) is 1. The lowest BCUT2D eigenvalue weighted by atomic mass is 10.1. The summed E-state index contributed by atoms with van der Waals surface area (Å²) in [7, 11) is 2.19. The number of unbranched alkanes of at least 4 members (excludes halogenated alkanes) is 2. The van der Waals surface area contributed by atoms with Crippen LogP contribution in [0.3, 0.4) is 0 Å². The molecule has 108 valence electrons. The van der Waals surface area contributed by atoms with E-state index in [9.17, 15) is 0 Å². The molecule has 1 heterocycles. The molecular weight excluding hydrogens is 224 g/mol. The van der Waals surface area contributed by atoms with Crippen molar-refractivity contribution in [3.05, 3.63) is 0 Å². The number of likely N-dealkylation sites (tertiary alicyclic amines) is 1. The molecule has 0 aliphatic carbocycles. The van der Waals surface area contributed by atoms with Crippen LogP contribution in [0, 0.1) is 0 Å². The zero-order chi connectivity index (χ0) is 13.4. The first-order chi connectivity index (χ1) is 8.47. The van der Waals surface area contributed by atoms with Crippen LogP contribution < -0.4 is 5.32 Å². The normalized spacial score (nSPS) is 19.3. The van der Waals surface area contributed by atoms with Gasteiger partial charge in [0.15, 0.2) is 0 Å². The fraction of sp³-hybridized carbons (Fsp3) is 1.00. The molecule has 1 rings (SSSR count). The van der Waals surface area contributed by atoms with Gasteiger partial charge in [-0.1, -0.05) is 0 Å². The SMILES string of the molecule is CN1CCC(OCCCCCNC(C)(C)C)CC1. The molecule has 1 aliphatic rings. The van der Waals surface area contributed by atoms with Gasteiger partial charge in [0.05, 0.1) is 6.10 Å². The Balaban J connectivity index is 1.87. The van der Waals surface area contributed by atoms with Crippen LogP contribution in [0.2, 0.25) is 0 Å². The molecule has 0 aromatic heterocycles. The molecule has 0 saturated carbocycles. The lowest BCUT2D eigenvalue weighted by molar-refractivity contribution is 0.0108. The van der Waals surface area contributed by atoms with Gasteiger partial charge in [-0.15, -0.1) is 0 Å². The second-order valence-electron chi connectivity index (χ2n) is 6.61. The van der Waals surface area contributed by atoms with Gasteiger partial charge >= 0.3 is 0 Å². The van der Waals surface area contributed by atoms with Crippen molar-refractivity contribution < 1.29 is 4.74 Å². The molecule has 1 aliphatic heterocycles. The van der Waals surface area contributed by atoms with Crippen LogP contribution in [0.25, 0.3) is 0 Å². The van der Waals surface area contributed by atoms with Crippen molar-refractivity contribution in [3.63, 3.8) is 0 Å². The second kappa shape index (κ2) is 8.13. The highest BCUT2D eigenvalue weighted by atomic mass is 16.5. The summed E-state index contributed by atoms with van der Waals surface area (Å²) in [5.74, 6) is 0. The Bertz CT molecular complexity index is 205. The summed E-state index contributed by atoms with van der Waals surface area (Å²) in [5.41, 5.74) is 0.255. The minimum atomic E-state index is 0.255. The molecule has 18 heavy (non-hydrogen) atoms. The number of rotatable bonds is 7. The van der Waals surface area contributed by atoms with Gasteiger partial charge in [-0.05, 0) is 66.5 Å². The summed E-state index contributed by atoms with van der Waals surface area (Å²) < 4.78 is 5.93. The summed E-state index contributed by atoms with van der Waals surface area (Å²) in [6, 6.07) is 0. The van der Waals surface area contributed by atoms with E-state index in [1.807, 2.05) is 0 Å². The van der Waals surface area contributed by atoms with Gasteiger partial charge in [-0.2, -0.15) is 0 Å². The summed E-state index contributed by atoms with van der Waals surface area (Å²) in [6.07, 6.45) is 6.68. The molecule has 0 radical (unpaired) electrons. The van der Waals surface area contributed by atoms with Crippen molar-refractivity contribution in [2.75, 3.05) is 33.3 Å². The average molecular weight is 256 g/mol. The maximum absolute atomic E-state index is 5.93. The Morgan fingerprint density at radius 2 is 1.78 bits per heavy atom. The van der Waals surface area contributed by atoms with E-state index >= 15 is 0 Å². The van der Waals surface area contributed by atoms with Crippen LogP contribution in [-0.2, 0) is 4.74 Å². The quantitative estimate of drug-likeness (QED) is 0.709. The maximum atomic E-state index is 5.93. The lowest BCUT2D eigenvalue weighted by Gasteiger charge is -2.28. The van der Waals surface area contributed by atoms with E-state index in [2.05, 4.69) is 38.0 Å². The Hall–Kier alpha value is -0.120. The third-order valence-electron chi connectivity index (χ3n) is 3.50. The van der Waals surface area contributed by atoms with E-state index in [4.69, 9.17) is 4.74 Å². The Morgan fingerprint density at radius 3 is 2.39 bits per heavy atom. The molecule has 0 spiro atoms.